The third-order valence-electron chi connectivity index (χ3n) is 1.98. The maximum Gasteiger partial charge on any atom is 0.224 e. The molecule has 0 saturated carbocycles. The molecule has 2 aromatic rings. The van der Waals surface area contributed by atoms with Crippen LogP contribution in [0.5, 0.6) is 0 Å². The van der Waals surface area contributed by atoms with E-state index in [9.17, 15) is 0 Å². The molecule has 0 amide bonds. The molecule has 0 aromatic carbocycles. The maximum atomic E-state index is 4.34. The van der Waals surface area contributed by atoms with E-state index in [1.807, 2.05) is 23.8 Å². The number of thiophene rings is 1. The summed E-state index contributed by atoms with van der Waals surface area (Å²) < 4.78 is 0. The third kappa shape index (κ3) is 2.24. The molecule has 4 nitrogen and oxygen atoms in total. The van der Waals surface area contributed by atoms with Gasteiger partial charge in [-0.15, -0.1) is 0 Å². The van der Waals surface area contributed by atoms with E-state index in [0.717, 1.165) is 17.1 Å². The summed E-state index contributed by atoms with van der Waals surface area (Å²) in [5.41, 5.74) is 2.09. The van der Waals surface area contributed by atoms with E-state index in [1.165, 1.54) is 0 Å². The second-order valence-corrected chi connectivity index (χ2v) is 3.89. The normalized spacial score (nSPS) is 10.0. The lowest BCUT2D eigenvalue weighted by Crippen LogP contribution is -2.01. The average Bonchev–Trinajstić information content (AvgIpc) is 2.74. The molecule has 0 spiro atoms. The van der Waals surface area contributed by atoms with Gasteiger partial charge in [0.2, 0.25) is 5.95 Å². The van der Waals surface area contributed by atoms with Crippen LogP contribution in [0.15, 0.2) is 23.0 Å². The maximum absolute atomic E-state index is 4.34. The van der Waals surface area contributed by atoms with E-state index in [0.29, 0.717) is 5.95 Å². The van der Waals surface area contributed by atoms with Gasteiger partial charge in [0.15, 0.2) is 0 Å². The van der Waals surface area contributed by atoms with E-state index in [1.54, 1.807) is 24.6 Å². The van der Waals surface area contributed by atoms with Crippen molar-refractivity contribution in [1.29, 1.82) is 0 Å². The molecule has 78 valence electrons. The predicted molar refractivity (Wildman–Crippen MR) is 63.9 cm³/mol. The fourth-order valence-corrected chi connectivity index (χ4v) is 1.75. The first kappa shape index (κ1) is 9.92. The molecule has 0 aliphatic carbocycles. The second-order valence-electron chi connectivity index (χ2n) is 3.11. The van der Waals surface area contributed by atoms with Crippen molar-refractivity contribution in [3.63, 3.8) is 0 Å². The summed E-state index contributed by atoms with van der Waals surface area (Å²) in [6.07, 6.45) is 1.80. The zero-order valence-corrected chi connectivity index (χ0v) is 9.43. The molecular weight excluding hydrogens is 208 g/mol. The third-order valence-corrected chi connectivity index (χ3v) is 2.66. The van der Waals surface area contributed by atoms with Crippen molar-refractivity contribution in [2.45, 2.75) is 6.92 Å². The van der Waals surface area contributed by atoms with Crippen molar-refractivity contribution < 1.29 is 0 Å². The quantitative estimate of drug-likeness (QED) is 0.835. The van der Waals surface area contributed by atoms with Gasteiger partial charge in [-0.2, -0.15) is 16.3 Å². The lowest BCUT2D eigenvalue weighted by atomic mass is 10.3. The van der Waals surface area contributed by atoms with Crippen LogP contribution in [-0.4, -0.2) is 17.0 Å². The van der Waals surface area contributed by atoms with E-state index in [2.05, 4.69) is 20.6 Å². The van der Waals surface area contributed by atoms with Crippen LogP contribution in [0.4, 0.5) is 17.5 Å². The van der Waals surface area contributed by atoms with Crippen molar-refractivity contribution in [1.82, 2.24) is 9.97 Å². The molecule has 2 N–H and O–H groups in total. The SMILES string of the molecule is CNc1ncc(C)c(Nc2ccsc2)n1. The standard InChI is InChI=1S/C10H12N4S/c1-7-5-12-10(11-2)14-9(7)13-8-3-4-15-6-8/h3-6H,1-2H3,(H2,11,12,13,14). The molecule has 2 rings (SSSR count). The van der Waals surface area contributed by atoms with Gasteiger partial charge < -0.3 is 10.6 Å². The molecule has 15 heavy (non-hydrogen) atoms. The molecule has 0 unspecified atom stereocenters. The van der Waals surface area contributed by atoms with Crippen LogP contribution in [0.3, 0.4) is 0 Å². The Kier molecular flexibility index (Phi) is 2.82. The van der Waals surface area contributed by atoms with Crippen molar-refractivity contribution in [2.75, 3.05) is 17.7 Å². The molecule has 0 saturated heterocycles. The summed E-state index contributed by atoms with van der Waals surface area (Å²) in [6.45, 7) is 1.98. The van der Waals surface area contributed by atoms with Gasteiger partial charge in [-0.3, -0.25) is 0 Å². The van der Waals surface area contributed by atoms with E-state index < -0.39 is 0 Å². The fraction of sp³-hybridized carbons (Fsp3) is 0.200. The highest BCUT2D eigenvalue weighted by Gasteiger charge is 2.03. The summed E-state index contributed by atoms with van der Waals surface area (Å²) in [5.74, 6) is 1.46. The molecule has 0 fully saturated rings. The highest BCUT2D eigenvalue weighted by atomic mass is 32.1. The van der Waals surface area contributed by atoms with Crippen molar-refractivity contribution in [3.8, 4) is 0 Å². The smallest absolute Gasteiger partial charge is 0.224 e. The number of anilines is 3. The lowest BCUT2D eigenvalue weighted by molar-refractivity contribution is 1.12. The van der Waals surface area contributed by atoms with E-state index in [-0.39, 0.29) is 0 Å². The Morgan fingerprint density at radius 2 is 2.27 bits per heavy atom. The number of aryl methyl sites for hydroxylation is 1. The van der Waals surface area contributed by atoms with Crippen LogP contribution >= 0.6 is 11.3 Å². The Hall–Kier alpha value is -1.62. The van der Waals surface area contributed by atoms with Crippen LogP contribution in [-0.2, 0) is 0 Å². The Balaban J connectivity index is 2.27. The predicted octanol–water partition coefficient (Wildman–Crippen LogP) is 2.63. The molecule has 2 heterocycles. The molecule has 0 atom stereocenters. The van der Waals surface area contributed by atoms with Crippen LogP contribution in [0.25, 0.3) is 0 Å². The van der Waals surface area contributed by atoms with Gasteiger partial charge in [-0.05, 0) is 18.4 Å². The largest absolute Gasteiger partial charge is 0.357 e. The topological polar surface area (TPSA) is 49.8 Å². The minimum atomic E-state index is 0.623. The first-order valence-electron chi connectivity index (χ1n) is 4.60. The van der Waals surface area contributed by atoms with Crippen molar-refractivity contribution in [2.24, 2.45) is 0 Å². The number of aromatic nitrogens is 2. The minimum absolute atomic E-state index is 0.623. The summed E-state index contributed by atoms with van der Waals surface area (Å²) in [6, 6.07) is 2.02. The van der Waals surface area contributed by atoms with Crippen LogP contribution in [0.2, 0.25) is 0 Å². The van der Waals surface area contributed by atoms with Gasteiger partial charge in [-0.1, -0.05) is 0 Å². The average molecular weight is 220 g/mol. The van der Waals surface area contributed by atoms with E-state index in [4.69, 9.17) is 0 Å². The highest BCUT2D eigenvalue weighted by molar-refractivity contribution is 7.08. The zero-order valence-electron chi connectivity index (χ0n) is 8.61. The minimum Gasteiger partial charge on any atom is -0.357 e. The van der Waals surface area contributed by atoms with Crippen LogP contribution in [0, 0.1) is 6.92 Å². The van der Waals surface area contributed by atoms with Crippen LogP contribution < -0.4 is 10.6 Å². The fourth-order valence-electron chi connectivity index (χ4n) is 1.16. The number of nitrogens with one attached hydrogen (secondary N) is 2. The Labute approximate surface area is 92.4 Å². The van der Waals surface area contributed by atoms with Gasteiger partial charge in [0.1, 0.15) is 5.82 Å². The zero-order chi connectivity index (χ0) is 10.7. The van der Waals surface area contributed by atoms with Gasteiger partial charge in [0, 0.05) is 24.2 Å². The molecule has 2 aromatic heterocycles. The van der Waals surface area contributed by atoms with Crippen LogP contribution in [0.1, 0.15) is 5.56 Å². The summed E-state index contributed by atoms with van der Waals surface area (Å²) in [5, 5.41) is 10.2. The van der Waals surface area contributed by atoms with Crippen molar-refractivity contribution in [3.05, 3.63) is 28.6 Å². The highest BCUT2D eigenvalue weighted by Crippen LogP contribution is 2.20. The van der Waals surface area contributed by atoms with Gasteiger partial charge in [0.25, 0.3) is 0 Å². The van der Waals surface area contributed by atoms with E-state index >= 15 is 0 Å². The molecule has 0 radical (unpaired) electrons. The monoisotopic (exact) mass is 220 g/mol. The summed E-state index contributed by atoms with van der Waals surface area (Å²) >= 11 is 1.65. The van der Waals surface area contributed by atoms with Gasteiger partial charge >= 0.3 is 0 Å². The summed E-state index contributed by atoms with van der Waals surface area (Å²) in [7, 11) is 1.80. The number of rotatable bonds is 3. The van der Waals surface area contributed by atoms with Gasteiger partial charge in [-0.25, -0.2) is 4.98 Å². The summed E-state index contributed by atoms with van der Waals surface area (Å²) in [4.78, 5) is 8.46. The lowest BCUT2D eigenvalue weighted by Gasteiger charge is -2.07. The molecular formula is C10H12N4S. The molecule has 0 aliphatic rings. The Morgan fingerprint density at radius 3 is 2.93 bits per heavy atom. The Morgan fingerprint density at radius 1 is 1.40 bits per heavy atom. The molecule has 5 heteroatoms. The van der Waals surface area contributed by atoms with Gasteiger partial charge in [0.05, 0.1) is 5.69 Å². The first-order chi connectivity index (χ1) is 7.29. The van der Waals surface area contributed by atoms with Crippen molar-refractivity contribution >= 4 is 28.8 Å². The molecule has 0 aliphatic heterocycles. The number of nitrogens with zero attached hydrogens (tertiary/aromatic N) is 2. The second kappa shape index (κ2) is 4.27. The number of hydrogen-bond donors (Lipinski definition) is 2. The molecule has 0 bridgehead atoms. The first-order valence-corrected chi connectivity index (χ1v) is 5.54. The Bertz CT molecular complexity index is 439. The number of hydrogen-bond acceptors (Lipinski definition) is 5.